The van der Waals surface area contributed by atoms with Crippen LogP contribution in [-0.2, 0) is 14.3 Å². The van der Waals surface area contributed by atoms with Crippen molar-refractivity contribution in [3.63, 3.8) is 0 Å². The lowest BCUT2D eigenvalue weighted by Gasteiger charge is -2.25. The van der Waals surface area contributed by atoms with E-state index in [1.807, 2.05) is 0 Å². The van der Waals surface area contributed by atoms with E-state index in [0.29, 0.717) is 5.56 Å². The zero-order valence-corrected chi connectivity index (χ0v) is 22.0. The van der Waals surface area contributed by atoms with Crippen LogP contribution in [0.15, 0.2) is 36.4 Å². The molecule has 0 aliphatic rings. The number of hydrogen-bond acceptors (Lipinski definition) is 4. The first-order chi connectivity index (χ1) is 16.0. The fourth-order valence-corrected chi connectivity index (χ4v) is 3.40. The number of amides is 2. The van der Waals surface area contributed by atoms with E-state index in [1.165, 1.54) is 38.3 Å². The Morgan fingerprint density at radius 2 is 1.72 bits per heavy atom. The van der Waals surface area contributed by atoms with Crippen molar-refractivity contribution in [2.75, 3.05) is 31.0 Å². The fourth-order valence-electron chi connectivity index (χ4n) is 3.24. The number of halogens is 5. The molecule has 0 bridgehead atoms. The van der Waals surface area contributed by atoms with Gasteiger partial charge in [-0.1, -0.05) is 23.7 Å². The number of benzene rings is 2. The molecule has 2 aromatic rings. The molecule has 0 saturated heterocycles. The molecule has 0 spiro atoms. The molecule has 14 heteroatoms. The average molecular weight is 575 g/mol. The monoisotopic (exact) mass is 574 g/mol. The topological polar surface area (TPSA) is 96.9 Å². The molecule has 2 atom stereocenters. The third kappa shape index (κ3) is 9.69. The van der Waals surface area contributed by atoms with Crippen molar-refractivity contribution in [1.29, 1.82) is 0 Å². The highest BCUT2D eigenvalue weighted by Gasteiger charge is 2.43. The highest BCUT2D eigenvalue weighted by molar-refractivity contribution is 7.59. The lowest BCUT2D eigenvalue weighted by Crippen LogP contribution is -2.27. The van der Waals surface area contributed by atoms with Crippen molar-refractivity contribution < 1.29 is 41.7 Å². The van der Waals surface area contributed by atoms with Gasteiger partial charge in [0.05, 0.1) is 18.7 Å². The Hall–Kier alpha value is -2.19. The summed E-state index contributed by atoms with van der Waals surface area (Å²) in [5.74, 6) is -2.69. The molecular formula is C22H27ClF4N2O5S2. The van der Waals surface area contributed by atoms with Crippen LogP contribution in [0, 0.1) is 5.82 Å². The number of hydrogen-bond donors (Lipinski definition) is 3. The first kappa shape index (κ1) is 33.8. The Morgan fingerprint density at radius 3 is 2.25 bits per heavy atom. The van der Waals surface area contributed by atoms with Gasteiger partial charge in [0.2, 0.25) is 0 Å². The standard InChI is InChI=1S/C22H23ClF4N2O5.2H2S/c1-3-34-20(22(25,26)27)15-6-4-12(13(11-33-2)9-19(30)31)8-18(15)29-21(32)28-17-7-5-14(23)10-16(17)24;;/h4-8,10,13,20H,3,9,11H2,1-2H3,(H,30,31)(H2,28,29,32);2*1H2/t13-,20+;;/m1../s1. The molecular weight excluding hydrogens is 548 g/mol. The molecule has 0 aliphatic carbocycles. The Balaban J connectivity index is 0.00000612. The molecule has 0 aliphatic heterocycles. The fraction of sp³-hybridized carbons (Fsp3) is 0.364. The summed E-state index contributed by atoms with van der Waals surface area (Å²) in [5.41, 5.74) is -0.624. The number of carboxylic acids is 1. The maximum Gasteiger partial charge on any atom is 0.418 e. The second-order valence-corrected chi connectivity index (χ2v) is 7.61. The number of nitrogens with one attached hydrogen (secondary N) is 2. The molecule has 2 aromatic carbocycles. The molecule has 0 unspecified atom stereocenters. The number of rotatable bonds is 10. The summed E-state index contributed by atoms with van der Waals surface area (Å²) >= 11 is 5.68. The summed E-state index contributed by atoms with van der Waals surface area (Å²) < 4.78 is 65.0. The molecule has 7 nitrogen and oxygen atoms in total. The summed E-state index contributed by atoms with van der Waals surface area (Å²) in [6.07, 6.45) is -7.53. The number of carbonyl (C=O) groups excluding carboxylic acids is 1. The third-order valence-electron chi connectivity index (χ3n) is 4.68. The van der Waals surface area contributed by atoms with E-state index in [4.69, 9.17) is 26.2 Å². The number of alkyl halides is 3. The lowest BCUT2D eigenvalue weighted by molar-refractivity contribution is -0.222. The van der Waals surface area contributed by atoms with Crippen LogP contribution in [0.25, 0.3) is 0 Å². The molecule has 0 fully saturated rings. The SMILES string of the molecule is CCO[C@@H](c1ccc([C@@H](COC)CC(=O)O)cc1NC(=O)Nc1ccc(Cl)cc1F)C(F)(F)F.S.S. The number of ether oxygens (including phenoxy) is 2. The molecule has 36 heavy (non-hydrogen) atoms. The highest BCUT2D eigenvalue weighted by atomic mass is 35.5. The molecule has 0 radical (unpaired) electrons. The van der Waals surface area contributed by atoms with Crippen molar-refractivity contribution in [2.24, 2.45) is 0 Å². The van der Waals surface area contributed by atoms with Crippen molar-refractivity contribution in [1.82, 2.24) is 0 Å². The van der Waals surface area contributed by atoms with Crippen molar-refractivity contribution in [2.45, 2.75) is 31.5 Å². The largest absolute Gasteiger partial charge is 0.481 e. The number of aliphatic carboxylic acids is 1. The number of carbonyl (C=O) groups is 2. The van der Waals surface area contributed by atoms with Gasteiger partial charge in [0.1, 0.15) is 5.82 Å². The highest BCUT2D eigenvalue weighted by Crippen LogP contribution is 2.40. The zero-order chi connectivity index (χ0) is 25.5. The van der Waals surface area contributed by atoms with Gasteiger partial charge < -0.3 is 25.2 Å². The second kappa shape index (κ2) is 15.2. The van der Waals surface area contributed by atoms with Crippen LogP contribution in [0.5, 0.6) is 0 Å². The van der Waals surface area contributed by atoms with Gasteiger partial charge in [-0.25, -0.2) is 9.18 Å². The van der Waals surface area contributed by atoms with Gasteiger partial charge in [-0.15, -0.1) is 0 Å². The van der Waals surface area contributed by atoms with Gasteiger partial charge >= 0.3 is 18.2 Å². The second-order valence-electron chi connectivity index (χ2n) is 7.18. The smallest absolute Gasteiger partial charge is 0.418 e. The molecule has 2 rings (SSSR count). The minimum Gasteiger partial charge on any atom is -0.481 e. The van der Waals surface area contributed by atoms with Gasteiger partial charge in [-0.3, -0.25) is 4.79 Å². The average Bonchev–Trinajstić information content (AvgIpc) is 2.73. The van der Waals surface area contributed by atoms with E-state index in [0.717, 1.165) is 12.1 Å². The van der Waals surface area contributed by atoms with Crippen LogP contribution in [-0.4, -0.2) is 43.6 Å². The molecule has 0 heterocycles. The van der Waals surface area contributed by atoms with Gasteiger partial charge in [0.25, 0.3) is 0 Å². The summed E-state index contributed by atoms with van der Waals surface area (Å²) in [4.78, 5) is 23.7. The predicted molar refractivity (Wildman–Crippen MR) is 139 cm³/mol. The first-order valence-electron chi connectivity index (χ1n) is 10.0. The van der Waals surface area contributed by atoms with E-state index < -0.39 is 41.6 Å². The summed E-state index contributed by atoms with van der Waals surface area (Å²) in [5, 5.41) is 13.7. The maximum atomic E-state index is 14.0. The molecule has 0 saturated carbocycles. The number of urea groups is 1. The minimum absolute atomic E-state index is 0. The van der Waals surface area contributed by atoms with E-state index in [1.54, 1.807) is 0 Å². The summed E-state index contributed by atoms with van der Waals surface area (Å²) in [7, 11) is 1.35. The quantitative estimate of drug-likeness (QED) is 0.294. The third-order valence-corrected chi connectivity index (χ3v) is 4.91. The number of anilines is 2. The summed E-state index contributed by atoms with van der Waals surface area (Å²) in [6.45, 7) is 1.10. The van der Waals surface area contributed by atoms with Gasteiger partial charge in [0.15, 0.2) is 6.10 Å². The molecule has 202 valence electrons. The first-order valence-corrected chi connectivity index (χ1v) is 10.4. The van der Waals surface area contributed by atoms with Crippen LogP contribution >= 0.6 is 38.6 Å². The van der Waals surface area contributed by atoms with Crippen molar-refractivity contribution >= 4 is 62.0 Å². The predicted octanol–water partition coefficient (Wildman–Crippen LogP) is 6.19. The lowest BCUT2D eigenvalue weighted by atomic mass is 9.93. The van der Waals surface area contributed by atoms with E-state index in [9.17, 15) is 27.2 Å². The van der Waals surface area contributed by atoms with Crippen LogP contribution in [0.2, 0.25) is 5.02 Å². The van der Waals surface area contributed by atoms with Crippen LogP contribution in [0.1, 0.15) is 36.5 Å². The Bertz CT molecular complexity index is 1030. The normalized spacial score (nSPS) is 12.5. The Kier molecular flexibility index (Phi) is 14.2. The van der Waals surface area contributed by atoms with Gasteiger partial charge in [-0.05, 0) is 36.8 Å². The molecule has 2 amide bonds. The minimum atomic E-state index is -4.81. The van der Waals surface area contributed by atoms with E-state index in [2.05, 4.69) is 10.6 Å². The van der Waals surface area contributed by atoms with Gasteiger partial charge in [0, 0.05) is 35.9 Å². The number of methoxy groups -OCH3 is 1. The zero-order valence-electron chi connectivity index (χ0n) is 19.2. The Morgan fingerprint density at radius 1 is 1.08 bits per heavy atom. The van der Waals surface area contributed by atoms with Crippen LogP contribution < -0.4 is 10.6 Å². The van der Waals surface area contributed by atoms with Crippen molar-refractivity contribution in [3.8, 4) is 0 Å². The van der Waals surface area contributed by atoms with E-state index >= 15 is 0 Å². The van der Waals surface area contributed by atoms with Crippen LogP contribution in [0.3, 0.4) is 0 Å². The maximum absolute atomic E-state index is 14.0. The van der Waals surface area contributed by atoms with Crippen LogP contribution in [0.4, 0.5) is 33.7 Å². The Labute approximate surface area is 224 Å². The summed E-state index contributed by atoms with van der Waals surface area (Å²) in [6, 6.07) is 6.08. The molecule has 3 N–H and O–H groups in total. The van der Waals surface area contributed by atoms with Gasteiger partial charge in [-0.2, -0.15) is 40.2 Å². The van der Waals surface area contributed by atoms with Crippen molar-refractivity contribution in [3.05, 3.63) is 58.4 Å². The molecule has 0 aromatic heterocycles. The number of carboxylic acid groups (broad SMARTS) is 1. The van der Waals surface area contributed by atoms with E-state index in [-0.39, 0.29) is 63.0 Å².